The molecule has 1 aliphatic heterocycles. The quantitative estimate of drug-likeness (QED) is 0.756. The Balaban J connectivity index is 1.66. The summed E-state index contributed by atoms with van der Waals surface area (Å²) < 4.78 is 5.98. The molecular weight excluding hydrogens is 383 g/mol. The van der Waals surface area contributed by atoms with Gasteiger partial charge in [0.25, 0.3) is 0 Å². The van der Waals surface area contributed by atoms with Gasteiger partial charge in [0.05, 0.1) is 29.3 Å². The minimum absolute atomic E-state index is 0.00238. The maximum Gasteiger partial charge on any atom is 0.224 e. The molecule has 0 aromatic heterocycles. The molecular formula is C21H24Cl2N2O2. The number of nitrogens with one attached hydrogen (secondary N) is 1. The van der Waals surface area contributed by atoms with Crippen molar-refractivity contribution in [3.8, 4) is 0 Å². The topological polar surface area (TPSA) is 41.6 Å². The number of benzene rings is 2. The molecule has 6 heteroatoms. The van der Waals surface area contributed by atoms with E-state index in [4.69, 9.17) is 27.9 Å². The summed E-state index contributed by atoms with van der Waals surface area (Å²) in [6, 6.07) is 15.7. The lowest BCUT2D eigenvalue weighted by Gasteiger charge is -2.31. The molecule has 0 bridgehead atoms. The minimum Gasteiger partial charge on any atom is -0.375 e. The van der Waals surface area contributed by atoms with Crippen molar-refractivity contribution >= 4 is 29.1 Å². The molecule has 0 radical (unpaired) electrons. The van der Waals surface area contributed by atoms with Gasteiger partial charge in [-0.3, -0.25) is 4.79 Å². The second-order valence-electron chi connectivity index (χ2n) is 6.69. The Labute approximate surface area is 170 Å². The van der Waals surface area contributed by atoms with Gasteiger partial charge in [0.15, 0.2) is 0 Å². The van der Waals surface area contributed by atoms with Gasteiger partial charge in [-0.2, -0.15) is 0 Å². The number of rotatable bonds is 7. The third kappa shape index (κ3) is 5.94. The third-order valence-corrected chi connectivity index (χ3v) is 5.42. The van der Waals surface area contributed by atoms with E-state index in [-0.39, 0.29) is 11.9 Å². The second-order valence-corrected chi connectivity index (χ2v) is 7.51. The maximum absolute atomic E-state index is 12.6. The fourth-order valence-electron chi connectivity index (χ4n) is 3.26. The van der Waals surface area contributed by atoms with Gasteiger partial charge in [-0.1, -0.05) is 59.6 Å². The number of carbonyl (C=O) groups excluding carboxylic acids is 1. The Morgan fingerprint density at radius 2 is 1.85 bits per heavy atom. The summed E-state index contributed by atoms with van der Waals surface area (Å²) in [5.74, 6) is 0.180. The molecule has 27 heavy (non-hydrogen) atoms. The van der Waals surface area contributed by atoms with Crippen LogP contribution in [0.2, 0.25) is 10.0 Å². The molecule has 3 rings (SSSR count). The Morgan fingerprint density at radius 1 is 1.04 bits per heavy atom. The van der Waals surface area contributed by atoms with E-state index in [0.717, 1.165) is 25.1 Å². The van der Waals surface area contributed by atoms with Crippen LogP contribution < -0.4 is 5.32 Å². The van der Waals surface area contributed by atoms with Crippen LogP contribution in [0.25, 0.3) is 0 Å². The summed E-state index contributed by atoms with van der Waals surface area (Å²) >= 11 is 12.0. The summed E-state index contributed by atoms with van der Waals surface area (Å²) in [6.07, 6.45) is 1.30. The molecule has 0 unspecified atom stereocenters. The zero-order chi connectivity index (χ0) is 19.1. The lowest BCUT2D eigenvalue weighted by Crippen LogP contribution is -2.45. The third-order valence-electron chi connectivity index (χ3n) is 4.68. The lowest BCUT2D eigenvalue weighted by molar-refractivity contribution is -0.134. The van der Waals surface area contributed by atoms with Crippen molar-refractivity contribution in [2.45, 2.75) is 25.5 Å². The standard InChI is InChI=1S/C21H24Cl2N2O2/c22-19-7-6-17(13-20(19)23)14-27-15-18(12-16-4-2-1-3-5-16)25-11-10-24-9-8-21(25)26/h1-7,13,18,24H,8-12,14-15H2/t18-/m0/s1. The second kappa shape index (κ2) is 10.1. The van der Waals surface area contributed by atoms with Crippen molar-refractivity contribution in [1.29, 1.82) is 0 Å². The van der Waals surface area contributed by atoms with Crippen LogP contribution in [0.5, 0.6) is 0 Å². The van der Waals surface area contributed by atoms with Crippen molar-refractivity contribution in [2.24, 2.45) is 0 Å². The van der Waals surface area contributed by atoms with E-state index < -0.39 is 0 Å². The highest BCUT2D eigenvalue weighted by atomic mass is 35.5. The van der Waals surface area contributed by atoms with Gasteiger partial charge in [-0.15, -0.1) is 0 Å². The average molecular weight is 407 g/mol. The highest BCUT2D eigenvalue weighted by Crippen LogP contribution is 2.23. The monoisotopic (exact) mass is 406 g/mol. The van der Waals surface area contributed by atoms with Crippen LogP contribution in [0.1, 0.15) is 17.5 Å². The van der Waals surface area contributed by atoms with Crippen molar-refractivity contribution in [3.05, 3.63) is 69.7 Å². The molecule has 144 valence electrons. The van der Waals surface area contributed by atoms with Crippen molar-refractivity contribution in [3.63, 3.8) is 0 Å². The van der Waals surface area contributed by atoms with Gasteiger partial charge in [0.1, 0.15) is 0 Å². The van der Waals surface area contributed by atoms with Gasteiger partial charge in [-0.25, -0.2) is 0 Å². The smallest absolute Gasteiger partial charge is 0.224 e. The van der Waals surface area contributed by atoms with Gasteiger partial charge in [0.2, 0.25) is 5.91 Å². The van der Waals surface area contributed by atoms with Crippen LogP contribution in [0, 0.1) is 0 Å². The van der Waals surface area contributed by atoms with Gasteiger partial charge < -0.3 is 15.0 Å². The van der Waals surface area contributed by atoms with Crippen LogP contribution >= 0.6 is 23.2 Å². The highest BCUT2D eigenvalue weighted by molar-refractivity contribution is 6.42. The SMILES string of the molecule is O=C1CCNCCN1[C@H](COCc1ccc(Cl)c(Cl)c1)Cc1ccccc1. The Hall–Kier alpha value is -1.59. The van der Waals surface area contributed by atoms with Gasteiger partial charge >= 0.3 is 0 Å². The molecule has 0 aliphatic carbocycles. The minimum atomic E-state index is 0.00238. The summed E-state index contributed by atoms with van der Waals surface area (Å²) in [7, 11) is 0. The van der Waals surface area contributed by atoms with Gasteiger partial charge in [0, 0.05) is 26.1 Å². The predicted molar refractivity (Wildman–Crippen MR) is 109 cm³/mol. The molecule has 2 aromatic rings. The van der Waals surface area contributed by atoms with E-state index in [1.807, 2.05) is 35.2 Å². The van der Waals surface area contributed by atoms with E-state index in [0.29, 0.717) is 36.2 Å². The van der Waals surface area contributed by atoms with E-state index in [1.54, 1.807) is 6.07 Å². The molecule has 0 spiro atoms. The summed E-state index contributed by atoms with van der Waals surface area (Å²) in [4.78, 5) is 14.5. The Morgan fingerprint density at radius 3 is 2.63 bits per heavy atom. The summed E-state index contributed by atoms with van der Waals surface area (Å²) in [5.41, 5.74) is 2.16. The molecule has 1 N–H and O–H groups in total. The summed E-state index contributed by atoms with van der Waals surface area (Å²) in [6.45, 7) is 3.15. The first-order chi connectivity index (χ1) is 13.1. The predicted octanol–water partition coefficient (Wildman–Crippen LogP) is 3.94. The van der Waals surface area contributed by atoms with E-state index in [2.05, 4.69) is 17.4 Å². The van der Waals surface area contributed by atoms with Crippen LogP contribution in [0.15, 0.2) is 48.5 Å². The molecule has 0 saturated carbocycles. The fourth-order valence-corrected chi connectivity index (χ4v) is 3.58. The van der Waals surface area contributed by atoms with Crippen LogP contribution in [-0.4, -0.2) is 43.1 Å². The molecule has 1 atom stereocenters. The molecule has 4 nitrogen and oxygen atoms in total. The Kier molecular flexibility index (Phi) is 7.53. The van der Waals surface area contributed by atoms with Gasteiger partial charge in [-0.05, 0) is 29.7 Å². The van der Waals surface area contributed by atoms with E-state index in [1.165, 1.54) is 5.56 Å². The zero-order valence-corrected chi connectivity index (χ0v) is 16.7. The first-order valence-electron chi connectivity index (χ1n) is 9.19. The number of carbonyl (C=O) groups is 1. The lowest BCUT2D eigenvalue weighted by atomic mass is 10.0. The normalized spacial score (nSPS) is 16.2. The van der Waals surface area contributed by atoms with Crippen molar-refractivity contribution in [2.75, 3.05) is 26.2 Å². The molecule has 1 amide bonds. The molecule has 1 saturated heterocycles. The largest absolute Gasteiger partial charge is 0.375 e. The van der Waals surface area contributed by atoms with Crippen molar-refractivity contribution < 1.29 is 9.53 Å². The van der Waals surface area contributed by atoms with E-state index in [9.17, 15) is 4.79 Å². The number of ether oxygens (including phenoxy) is 1. The Bertz CT molecular complexity index is 755. The summed E-state index contributed by atoms with van der Waals surface area (Å²) in [5, 5.41) is 4.34. The number of hydrogen-bond donors (Lipinski definition) is 1. The first-order valence-corrected chi connectivity index (χ1v) is 9.95. The molecule has 1 aliphatic rings. The van der Waals surface area contributed by atoms with Crippen molar-refractivity contribution in [1.82, 2.24) is 10.2 Å². The molecule has 1 heterocycles. The van der Waals surface area contributed by atoms with E-state index >= 15 is 0 Å². The van der Waals surface area contributed by atoms with Crippen LogP contribution in [-0.2, 0) is 22.6 Å². The highest BCUT2D eigenvalue weighted by Gasteiger charge is 2.25. The zero-order valence-electron chi connectivity index (χ0n) is 15.2. The molecule has 1 fully saturated rings. The average Bonchev–Trinajstić information content (AvgIpc) is 2.89. The fraction of sp³-hybridized carbons (Fsp3) is 0.381. The van der Waals surface area contributed by atoms with Crippen LogP contribution in [0.3, 0.4) is 0 Å². The maximum atomic E-state index is 12.6. The first kappa shape index (κ1) is 20.2. The number of amides is 1. The number of hydrogen-bond acceptors (Lipinski definition) is 3. The van der Waals surface area contributed by atoms with Crippen LogP contribution in [0.4, 0.5) is 0 Å². The number of halogens is 2. The molecule has 2 aromatic carbocycles. The number of nitrogens with zero attached hydrogens (tertiary/aromatic N) is 1.